The molecular weight excluding hydrogens is 268 g/mol. The summed E-state index contributed by atoms with van der Waals surface area (Å²) in [4.78, 5) is 27.3. The molecule has 0 radical (unpaired) electrons. The number of hydrogen-bond donors (Lipinski definition) is 1. The first-order valence-electron chi connectivity index (χ1n) is 7.41. The van der Waals surface area contributed by atoms with Crippen LogP contribution in [0.25, 0.3) is 0 Å². The van der Waals surface area contributed by atoms with Crippen LogP contribution in [0.1, 0.15) is 51.4 Å². The first kappa shape index (κ1) is 14.1. The lowest BCUT2D eigenvalue weighted by molar-refractivity contribution is 0.0938. The zero-order valence-electron chi connectivity index (χ0n) is 12.5. The summed E-state index contributed by atoms with van der Waals surface area (Å²) in [6.07, 6.45) is 4.73. The van der Waals surface area contributed by atoms with Crippen LogP contribution >= 0.6 is 0 Å². The third-order valence-corrected chi connectivity index (χ3v) is 4.63. The fourth-order valence-corrected chi connectivity index (χ4v) is 3.34. The average molecular weight is 288 g/mol. The maximum absolute atomic E-state index is 12.8. The Kier molecular flexibility index (Phi) is 3.45. The molecule has 3 rings (SSSR count). The first-order chi connectivity index (χ1) is 10.1. The molecule has 1 N–H and O–H groups in total. The van der Waals surface area contributed by atoms with Crippen LogP contribution in [0.15, 0.2) is 11.8 Å². The molecule has 0 atom stereocenters. The van der Waals surface area contributed by atoms with Crippen LogP contribution in [0.4, 0.5) is 0 Å². The van der Waals surface area contributed by atoms with Gasteiger partial charge in [-0.05, 0) is 26.2 Å². The highest BCUT2D eigenvalue weighted by Crippen LogP contribution is 2.31. The van der Waals surface area contributed by atoms with Gasteiger partial charge >= 0.3 is 0 Å². The Balaban J connectivity index is 2.09. The zero-order chi connectivity index (χ0) is 15.1. The van der Waals surface area contributed by atoms with Crippen molar-refractivity contribution in [2.45, 2.75) is 32.8 Å². The molecule has 21 heavy (non-hydrogen) atoms. The van der Waals surface area contributed by atoms with Gasteiger partial charge in [-0.3, -0.25) is 9.59 Å². The van der Waals surface area contributed by atoms with Crippen molar-refractivity contribution in [3.63, 3.8) is 0 Å². The summed E-state index contributed by atoms with van der Waals surface area (Å²) in [5, 5.41) is 9.58. The largest absolute Gasteiger partial charge is 0.392 e. The molecule has 1 aliphatic heterocycles. The van der Waals surface area contributed by atoms with E-state index in [-0.39, 0.29) is 18.2 Å². The van der Waals surface area contributed by atoms with Crippen LogP contribution in [-0.2, 0) is 13.7 Å². The Bertz CT molecular complexity index is 649. The van der Waals surface area contributed by atoms with Crippen LogP contribution in [0.3, 0.4) is 0 Å². The number of Topliss-reactive ketones (excluding diaryl/α,β-unsaturated/α-hetero) is 1. The minimum absolute atomic E-state index is 0.126. The molecule has 5 nitrogen and oxygen atoms in total. The standard InChI is InChI=1S/C16H20N2O3/c1-10-11(9-19)14-15(17(10)2)13(20)8-12(16(14)21)18-6-4-3-5-7-18/h8,19H,3-7,9H2,1-2H3. The minimum atomic E-state index is -0.221. The van der Waals surface area contributed by atoms with E-state index in [9.17, 15) is 14.7 Å². The molecule has 1 saturated heterocycles. The summed E-state index contributed by atoms with van der Waals surface area (Å²) in [6.45, 7) is 3.24. The van der Waals surface area contributed by atoms with E-state index in [4.69, 9.17) is 0 Å². The van der Waals surface area contributed by atoms with Crippen molar-refractivity contribution in [2.24, 2.45) is 7.05 Å². The van der Waals surface area contributed by atoms with Gasteiger partial charge in [0.2, 0.25) is 11.6 Å². The van der Waals surface area contributed by atoms with Gasteiger partial charge in [-0.15, -0.1) is 0 Å². The van der Waals surface area contributed by atoms with Crippen molar-refractivity contribution in [3.8, 4) is 0 Å². The van der Waals surface area contributed by atoms with E-state index in [2.05, 4.69) is 0 Å². The number of fused-ring (bicyclic) bond motifs is 1. The van der Waals surface area contributed by atoms with E-state index in [1.54, 1.807) is 11.6 Å². The van der Waals surface area contributed by atoms with Gasteiger partial charge in [0.05, 0.1) is 17.9 Å². The normalized spacial score (nSPS) is 18.8. The van der Waals surface area contributed by atoms with Crippen molar-refractivity contribution in [2.75, 3.05) is 13.1 Å². The molecule has 1 aromatic heterocycles. The molecule has 2 heterocycles. The number of ketones is 2. The number of carbonyl (C=O) groups excluding carboxylic acids is 2. The van der Waals surface area contributed by atoms with Crippen LogP contribution in [-0.4, -0.2) is 39.2 Å². The predicted octanol–water partition coefficient (Wildman–Crippen LogP) is 1.57. The Labute approximate surface area is 123 Å². The van der Waals surface area contributed by atoms with Crippen molar-refractivity contribution in [1.82, 2.24) is 9.47 Å². The summed E-state index contributed by atoms with van der Waals surface area (Å²) in [5.74, 6) is -0.269. The second-order valence-electron chi connectivity index (χ2n) is 5.78. The van der Waals surface area contributed by atoms with Crippen molar-refractivity contribution in [3.05, 3.63) is 34.3 Å². The van der Waals surface area contributed by atoms with Gasteiger partial charge in [0.15, 0.2) is 0 Å². The van der Waals surface area contributed by atoms with Gasteiger partial charge in [-0.25, -0.2) is 0 Å². The SMILES string of the molecule is Cc1c(CO)c2c(n1C)C(=O)C=C(N1CCCCC1)C2=O. The number of carbonyl (C=O) groups is 2. The second-order valence-corrected chi connectivity index (χ2v) is 5.78. The third-order valence-electron chi connectivity index (χ3n) is 4.63. The molecule has 1 aliphatic carbocycles. The highest BCUT2D eigenvalue weighted by molar-refractivity contribution is 6.24. The predicted molar refractivity (Wildman–Crippen MR) is 78.2 cm³/mol. The first-order valence-corrected chi connectivity index (χ1v) is 7.41. The number of aliphatic hydroxyl groups is 1. The number of rotatable bonds is 2. The van der Waals surface area contributed by atoms with E-state index < -0.39 is 0 Å². The average Bonchev–Trinajstić information content (AvgIpc) is 2.76. The van der Waals surface area contributed by atoms with Gasteiger partial charge in [0, 0.05) is 37.5 Å². The highest BCUT2D eigenvalue weighted by Gasteiger charge is 2.35. The molecular formula is C16H20N2O3. The van der Waals surface area contributed by atoms with Gasteiger partial charge in [-0.2, -0.15) is 0 Å². The minimum Gasteiger partial charge on any atom is -0.392 e. The van der Waals surface area contributed by atoms with E-state index in [0.717, 1.165) is 31.6 Å². The van der Waals surface area contributed by atoms with Crippen molar-refractivity contribution in [1.29, 1.82) is 0 Å². The zero-order valence-corrected chi connectivity index (χ0v) is 12.5. The summed E-state index contributed by atoms with van der Waals surface area (Å²) in [6, 6.07) is 0. The van der Waals surface area contributed by atoms with Gasteiger partial charge in [-0.1, -0.05) is 0 Å². The monoisotopic (exact) mass is 288 g/mol. The lowest BCUT2D eigenvalue weighted by atomic mass is 9.93. The van der Waals surface area contributed by atoms with Gasteiger partial charge in [0.1, 0.15) is 5.69 Å². The Hall–Kier alpha value is -1.88. The lowest BCUT2D eigenvalue weighted by Gasteiger charge is -2.31. The Morgan fingerprint density at radius 2 is 1.86 bits per heavy atom. The third kappa shape index (κ3) is 2.03. The number of likely N-dealkylation sites (tertiary alicyclic amines) is 1. The molecule has 0 unspecified atom stereocenters. The fourth-order valence-electron chi connectivity index (χ4n) is 3.34. The van der Waals surface area contributed by atoms with Crippen LogP contribution in [0, 0.1) is 6.92 Å². The van der Waals surface area contributed by atoms with E-state index in [1.807, 2.05) is 11.8 Å². The number of aromatic nitrogens is 1. The molecule has 1 aromatic rings. The summed E-state index contributed by atoms with van der Waals surface area (Å²) < 4.78 is 1.71. The molecule has 1 fully saturated rings. The number of hydrogen-bond acceptors (Lipinski definition) is 4. The number of aliphatic hydroxyl groups excluding tert-OH is 1. The molecule has 0 saturated carbocycles. The molecule has 0 bridgehead atoms. The Morgan fingerprint density at radius 1 is 1.19 bits per heavy atom. The smallest absolute Gasteiger partial charge is 0.211 e. The molecule has 5 heteroatoms. The summed E-state index contributed by atoms with van der Waals surface area (Å²) >= 11 is 0. The summed E-state index contributed by atoms with van der Waals surface area (Å²) in [5.41, 5.74) is 2.64. The maximum Gasteiger partial charge on any atom is 0.211 e. The summed E-state index contributed by atoms with van der Waals surface area (Å²) in [7, 11) is 1.76. The van der Waals surface area contributed by atoms with E-state index in [0.29, 0.717) is 22.5 Å². The van der Waals surface area contributed by atoms with Crippen molar-refractivity contribution < 1.29 is 14.7 Å². The van der Waals surface area contributed by atoms with E-state index in [1.165, 1.54) is 12.5 Å². The number of nitrogens with zero attached hydrogens (tertiary/aromatic N) is 2. The topological polar surface area (TPSA) is 62.5 Å². The van der Waals surface area contributed by atoms with Crippen LogP contribution in [0.2, 0.25) is 0 Å². The molecule has 112 valence electrons. The number of allylic oxidation sites excluding steroid dienone is 2. The van der Waals surface area contributed by atoms with E-state index >= 15 is 0 Å². The fraction of sp³-hybridized carbons (Fsp3) is 0.500. The second kappa shape index (κ2) is 5.15. The Morgan fingerprint density at radius 3 is 2.48 bits per heavy atom. The molecule has 0 spiro atoms. The maximum atomic E-state index is 12.8. The molecule has 0 amide bonds. The highest BCUT2D eigenvalue weighted by atomic mass is 16.3. The van der Waals surface area contributed by atoms with Gasteiger partial charge < -0.3 is 14.6 Å². The quantitative estimate of drug-likeness (QED) is 0.897. The lowest BCUT2D eigenvalue weighted by Crippen LogP contribution is -2.35. The molecule has 2 aliphatic rings. The van der Waals surface area contributed by atoms with Crippen molar-refractivity contribution >= 4 is 11.6 Å². The molecule has 0 aromatic carbocycles. The van der Waals surface area contributed by atoms with Crippen LogP contribution in [0.5, 0.6) is 0 Å². The number of piperidine rings is 1. The van der Waals surface area contributed by atoms with Gasteiger partial charge in [0.25, 0.3) is 0 Å². The van der Waals surface area contributed by atoms with Crippen LogP contribution < -0.4 is 0 Å².